The SMILES string of the molecule is C=CCc1c(O)c(C(CC=C)(CCCCCCCCCCC)CC(C)(C)C)c(CCCCCCCCCCCC)c(CCCCCCCCCCCC)c1S(=O)(=O)[O-].C=CCc1c(O)c(C(CC=C)(CCCCCCCCCCC)CC(C)(C)C)c(CCCCCCCCCCCC)c(CCCCCCCCCCCC)c1S(=O)(=O)[O-].[O]=[Ti+2]. The average Bonchev–Trinajstić information content (AvgIpc) is 0.736. The minimum absolute atomic E-state index is 0.0326. The number of aromatic hydroxyl groups is 2. The van der Waals surface area contributed by atoms with Crippen molar-refractivity contribution in [2.75, 3.05) is 0 Å². The molecule has 2 atom stereocenters. The molecule has 9 nitrogen and oxygen atoms in total. The van der Waals surface area contributed by atoms with E-state index in [1.165, 1.54) is 270 Å². The van der Waals surface area contributed by atoms with Crippen LogP contribution in [0.3, 0.4) is 0 Å². The Morgan fingerprint density at radius 2 is 0.458 bits per heavy atom. The van der Waals surface area contributed by atoms with Gasteiger partial charge in [0.05, 0.1) is 9.79 Å². The van der Waals surface area contributed by atoms with Gasteiger partial charge in [0.15, 0.2) is 0 Å². The second-order valence-corrected chi connectivity index (χ2v) is 41.4. The van der Waals surface area contributed by atoms with E-state index in [1.807, 2.05) is 12.2 Å². The zero-order chi connectivity index (χ0) is 88.3. The molecule has 2 N–H and O–H groups in total. The molecule has 0 aliphatic rings. The van der Waals surface area contributed by atoms with Crippen LogP contribution in [0.15, 0.2) is 60.4 Å². The molecule has 2 aromatic carbocycles. The fourth-order valence-electron chi connectivity index (χ4n) is 19.7. The number of hydrogen-bond donors (Lipinski definition) is 2. The quantitative estimate of drug-likeness (QED) is 0.0283. The van der Waals surface area contributed by atoms with Gasteiger partial charge in [-0.2, -0.15) is 0 Å². The van der Waals surface area contributed by atoms with Crippen molar-refractivity contribution in [2.24, 2.45) is 10.8 Å². The van der Waals surface area contributed by atoms with Crippen LogP contribution < -0.4 is 0 Å². The number of unbranched alkanes of at least 4 members (excludes halogenated alkanes) is 52. The molecule has 12 heteroatoms. The van der Waals surface area contributed by atoms with Gasteiger partial charge in [-0.1, -0.05) is 454 Å². The number of rotatable bonds is 78. The molecular formula is C106H190O9S2Ti. The zero-order valence-electron chi connectivity index (χ0n) is 79.7. The molecule has 0 aliphatic carbocycles. The van der Waals surface area contributed by atoms with E-state index in [0.717, 1.165) is 171 Å². The summed E-state index contributed by atoms with van der Waals surface area (Å²) in [5.74, 6) is 0.0653. The van der Waals surface area contributed by atoms with Crippen LogP contribution in [0.4, 0.5) is 0 Å². The molecule has 2 unspecified atom stereocenters. The molecule has 0 saturated heterocycles. The summed E-state index contributed by atoms with van der Waals surface area (Å²) >= 11 is 0.750. The normalized spacial score (nSPS) is 13.1. The number of hydrogen-bond acceptors (Lipinski definition) is 9. The molecule has 2 rings (SSSR count). The van der Waals surface area contributed by atoms with Crippen molar-refractivity contribution in [1.82, 2.24) is 0 Å². The van der Waals surface area contributed by atoms with Gasteiger partial charge in [0, 0.05) is 33.1 Å². The van der Waals surface area contributed by atoms with Crippen molar-refractivity contribution in [1.29, 1.82) is 0 Å². The van der Waals surface area contributed by atoms with Gasteiger partial charge in [0.25, 0.3) is 0 Å². The van der Waals surface area contributed by atoms with Gasteiger partial charge in [0.1, 0.15) is 31.7 Å². The third-order valence-electron chi connectivity index (χ3n) is 25.2. The van der Waals surface area contributed by atoms with Gasteiger partial charge < -0.3 is 19.3 Å². The number of phenols is 2. The fourth-order valence-corrected chi connectivity index (χ4v) is 21.7. The first-order chi connectivity index (χ1) is 56.7. The van der Waals surface area contributed by atoms with Crippen LogP contribution in [0.25, 0.3) is 0 Å². The molecule has 0 aliphatic heterocycles. The Bertz CT molecular complexity index is 2880. The van der Waals surface area contributed by atoms with E-state index in [1.54, 1.807) is 12.2 Å². The van der Waals surface area contributed by atoms with Gasteiger partial charge >= 0.3 is 23.7 Å². The molecule has 0 radical (unpaired) electrons. The average molecular weight is 1720 g/mol. The van der Waals surface area contributed by atoms with E-state index >= 15 is 0 Å². The summed E-state index contributed by atoms with van der Waals surface area (Å²) in [5, 5.41) is 25.2. The van der Waals surface area contributed by atoms with Crippen LogP contribution in [0, 0.1) is 10.8 Å². The Balaban J connectivity index is 0.00000227. The van der Waals surface area contributed by atoms with Crippen molar-refractivity contribution in [2.45, 2.75) is 553 Å². The molecule has 0 heterocycles. The van der Waals surface area contributed by atoms with Crippen molar-refractivity contribution in [3.8, 4) is 11.5 Å². The third-order valence-corrected chi connectivity index (χ3v) is 27.2. The molecular weight excluding hydrogens is 1530 g/mol. The Morgan fingerprint density at radius 1 is 0.280 bits per heavy atom. The monoisotopic (exact) mass is 1720 g/mol. The van der Waals surface area contributed by atoms with Crippen molar-refractivity contribution in [3.63, 3.8) is 0 Å². The Morgan fingerprint density at radius 3 is 0.627 bits per heavy atom. The van der Waals surface area contributed by atoms with Crippen LogP contribution in [0.2, 0.25) is 0 Å². The molecule has 0 bridgehead atoms. The number of phenolic OH excluding ortho intramolecular Hbond substituents is 2. The van der Waals surface area contributed by atoms with Gasteiger partial charge in [-0.15, -0.1) is 26.3 Å². The first-order valence-electron chi connectivity index (χ1n) is 50.0. The maximum atomic E-state index is 13.4. The molecule has 2 aromatic rings. The first kappa shape index (κ1) is 115. The van der Waals surface area contributed by atoms with Gasteiger partial charge in [0.2, 0.25) is 0 Å². The van der Waals surface area contributed by atoms with Crippen LogP contribution in [0.5, 0.6) is 11.5 Å². The Kier molecular flexibility index (Phi) is 69.9. The summed E-state index contributed by atoms with van der Waals surface area (Å²) in [6, 6.07) is 0. The van der Waals surface area contributed by atoms with Crippen LogP contribution >= 0.6 is 0 Å². The maximum absolute atomic E-state index is 13.4. The van der Waals surface area contributed by atoms with Crippen LogP contribution in [-0.2, 0) is 93.3 Å². The number of benzene rings is 2. The van der Waals surface area contributed by atoms with Crippen molar-refractivity contribution >= 4 is 20.2 Å². The summed E-state index contributed by atoms with van der Waals surface area (Å²) in [6.45, 7) is 43.8. The van der Waals surface area contributed by atoms with E-state index in [2.05, 4.69) is 109 Å². The van der Waals surface area contributed by atoms with E-state index < -0.39 is 31.1 Å². The fraction of sp³-hybridized carbons (Fsp3) is 0.811. The molecule has 0 spiro atoms. The van der Waals surface area contributed by atoms with E-state index in [9.17, 15) is 36.2 Å². The van der Waals surface area contributed by atoms with Crippen LogP contribution in [-0.4, -0.2) is 36.2 Å². The van der Waals surface area contributed by atoms with Crippen molar-refractivity contribution in [3.05, 3.63) is 95.1 Å². The third kappa shape index (κ3) is 51.1. The summed E-state index contributed by atoms with van der Waals surface area (Å²) in [5.41, 5.74) is 4.73. The molecule has 0 fully saturated rings. The van der Waals surface area contributed by atoms with Gasteiger partial charge in [-0.3, -0.25) is 0 Å². The molecule has 0 saturated carbocycles. The first-order valence-corrected chi connectivity index (χ1v) is 53.5. The minimum atomic E-state index is -4.87. The topological polar surface area (TPSA) is 172 Å². The van der Waals surface area contributed by atoms with Gasteiger partial charge in [-0.25, -0.2) is 16.8 Å². The molecule has 0 amide bonds. The van der Waals surface area contributed by atoms with E-state index in [4.69, 9.17) is 3.32 Å². The van der Waals surface area contributed by atoms with E-state index in [-0.39, 0.29) is 56.1 Å². The van der Waals surface area contributed by atoms with Crippen LogP contribution in [0.1, 0.15) is 539 Å². The standard InChI is InChI=1S/2C53H96O4S.O.Ti/c2*1-9-14-17-20-23-26-28-31-34-37-41-46-47(42-38-35-32-29-27-24-21-18-15-10-2)51(58(55,56)57)48(40-12-4)50(54)49(46)53(43-13-5,45-52(6,7)8)44-39-36-33-30-25-22-19-16-11-3;;/h2*12-13,54H,4-5,9-11,14-45H2,1-3,6-8H3,(H,55,56,57);;/q;;;+2/p-2. The van der Waals surface area contributed by atoms with Gasteiger partial charge in [-0.05, 0) is 136 Å². The molecule has 118 heavy (non-hydrogen) atoms. The Labute approximate surface area is 745 Å². The summed E-state index contributed by atoms with van der Waals surface area (Å²) in [4.78, 5) is -0.309. The molecule has 684 valence electrons. The second kappa shape index (κ2) is 71.5. The second-order valence-electron chi connectivity index (χ2n) is 38.8. The predicted octanol–water partition coefficient (Wildman–Crippen LogP) is 34.1. The number of allylic oxidation sites excluding steroid dienone is 4. The Hall–Kier alpha value is -2.67. The molecule has 0 aromatic heterocycles. The summed E-state index contributed by atoms with van der Waals surface area (Å²) in [7, 11) is -9.74. The van der Waals surface area contributed by atoms with E-state index in [0.29, 0.717) is 49.7 Å². The summed E-state index contributed by atoms with van der Waals surface area (Å²) < 4.78 is 88.8. The predicted molar refractivity (Wildman–Crippen MR) is 508 cm³/mol. The van der Waals surface area contributed by atoms with Crippen molar-refractivity contribution < 1.29 is 59.9 Å². The zero-order valence-corrected chi connectivity index (χ0v) is 82.9. The summed E-state index contributed by atoms with van der Waals surface area (Å²) in [6.07, 6.45) is 85.5.